The van der Waals surface area contributed by atoms with Crippen LogP contribution >= 0.6 is 11.8 Å². The third kappa shape index (κ3) is 2.50. The van der Waals surface area contributed by atoms with Gasteiger partial charge >= 0.3 is 5.97 Å². The monoisotopic (exact) mass is 320 g/mol. The minimum atomic E-state index is -1.07. The van der Waals surface area contributed by atoms with E-state index >= 15 is 0 Å². The van der Waals surface area contributed by atoms with Crippen LogP contribution in [-0.4, -0.2) is 44.6 Å². The molecule has 7 heteroatoms. The Morgan fingerprint density at radius 3 is 2.91 bits per heavy atom. The van der Waals surface area contributed by atoms with E-state index in [-0.39, 0.29) is 30.2 Å². The number of pyridine rings is 1. The average molecular weight is 320 g/mol. The van der Waals surface area contributed by atoms with Gasteiger partial charge in [0.25, 0.3) is 0 Å². The van der Waals surface area contributed by atoms with E-state index in [2.05, 4.69) is 4.98 Å². The molecule has 1 amide bonds. The Bertz CT molecular complexity index is 632. The molecular weight excluding hydrogens is 304 g/mol. The van der Waals surface area contributed by atoms with Crippen molar-refractivity contribution in [2.24, 2.45) is 5.92 Å². The van der Waals surface area contributed by atoms with Crippen LogP contribution in [0.2, 0.25) is 0 Å². The van der Waals surface area contributed by atoms with Crippen LogP contribution in [0.1, 0.15) is 18.5 Å². The number of β-lactam (4-membered cyclic amide) rings is 1. The number of amides is 1. The minimum Gasteiger partial charge on any atom is -0.477 e. The van der Waals surface area contributed by atoms with Crippen molar-refractivity contribution in [3.05, 3.63) is 40.7 Å². The molecule has 0 aromatic carbocycles. The third-order valence-electron chi connectivity index (χ3n) is 4.01. The average Bonchev–Trinajstić information content (AvgIpc) is 2.87. The highest BCUT2D eigenvalue weighted by atomic mass is 32.2. The van der Waals surface area contributed by atoms with Crippen LogP contribution < -0.4 is 0 Å². The zero-order chi connectivity index (χ0) is 15.7. The first-order valence-electron chi connectivity index (χ1n) is 7.06. The molecule has 2 N–H and O–H groups in total. The summed E-state index contributed by atoms with van der Waals surface area (Å²) in [5.74, 6) is -0.939. The van der Waals surface area contributed by atoms with E-state index < -0.39 is 5.97 Å². The highest BCUT2D eigenvalue weighted by molar-refractivity contribution is 8.02. The molecule has 0 aliphatic carbocycles. The maximum atomic E-state index is 12.1. The van der Waals surface area contributed by atoms with Crippen LogP contribution in [0, 0.1) is 5.92 Å². The molecule has 3 rings (SSSR count). The summed E-state index contributed by atoms with van der Waals surface area (Å²) in [5, 5.41) is 18.4. The lowest BCUT2D eigenvalue weighted by molar-refractivity contribution is -0.155. The van der Waals surface area contributed by atoms with Gasteiger partial charge < -0.3 is 15.1 Å². The van der Waals surface area contributed by atoms with E-state index in [9.17, 15) is 14.7 Å². The summed E-state index contributed by atoms with van der Waals surface area (Å²) in [6.45, 7) is -0.0560. The molecule has 0 bridgehead atoms. The molecule has 3 heterocycles. The summed E-state index contributed by atoms with van der Waals surface area (Å²) < 4.78 is 0. The van der Waals surface area contributed by atoms with Gasteiger partial charge in [-0.05, 0) is 18.6 Å². The van der Waals surface area contributed by atoms with Crippen LogP contribution in [-0.2, 0) is 15.3 Å². The number of nitrogens with zero attached hydrogens (tertiary/aromatic N) is 2. The molecule has 0 saturated carbocycles. The Balaban J connectivity index is 1.75. The molecule has 6 nitrogen and oxygen atoms in total. The number of hydrogen-bond acceptors (Lipinski definition) is 5. The third-order valence-corrected chi connectivity index (χ3v) is 5.16. The van der Waals surface area contributed by atoms with Crippen LogP contribution in [0.15, 0.2) is 35.0 Å². The van der Waals surface area contributed by atoms with Crippen molar-refractivity contribution >= 4 is 23.6 Å². The van der Waals surface area contributed by atoms with E-state index in [4.69, 9.17) is 5.11 Å². The second-order valence-corrected chi connectivity index (χ2v) is 6.36. The molecule has 0 radical (unpaired) electrons. The van der Waals surface area contributed by atoms with Gasteiger partial charge in [0.05, 0.1) is 17.7 Å². The number of aromatic nitrogens is 1. The number of thioether (sulfide) groups is 1. The maximum absolute atomic E-state index is 12.1. The first-order valence-corrected chi connectivity index (χ1v) is 8.05. The number of carbonyl (C=O) groups is 2. The highest BCUT2D eigenvalue weighted by Crippen LogP contribution is 2.47. The Morgan fingerprint density at radius 1 is 1.45 bits per heavy atom. The van der Waals surface area contributed by atoms with E-state index in [1.807, 2.05) is 18.2 Å². The Kier molecular flexibility index (Phi) is 4.17. The Hall–Kier alpha value is -1.86. The number of fused-ring (bicyclic) bond motifs is 1. The lowest BCUT2D eigenvalue weighted by Crippen LogP contribution is -2.58. The van der Waals surface area contributed by atoms with Crippen molar-refractivity contribution in [2.75, 3.05) is 6.61 Å². The van der Waals surface area contributed by atoms with Crippen molar-refractivity contribution in [3.8, 4) is 0 Å². The molecule has 2 atom stereocenters. The quantitative estimate of drug-likeness (QED) is 0.766. The molecule has 1 unspecified atom stereocenters. The lowest BCUT2D eigenvalue weighted by atomic mass is 9.85. The van der Waals surface area contributed by atoms with Crippen molar-refractivity contribution in [2.45, 2.75) is 24.6 Å². The number of carboxylic acid groups (broad SMARTS) is 1. The summed E-state index contributed by atoms with van der Waals surface area (Å²) >= 11 is 1.42. The van der Waals surface area contributed by atoms with Gasteiger partial charge in [-0.25, -0.2) is 4.79 Å². The van der Waals surface area contributed by atoms with Crippen LogP contribution in [0.3, 0.4) is 0 Å². The standard InChI is InChI=1S/C15H16N2O4S/c18-6-4-10-11-7-12(13(15(20)21)17(11)14(10)19)22-8-9-3-1-2-5-16-9/h1-3,5,10-11,18H,4,6-8H2,(H,20,21)/t10?,11-/m1/s1. The number of carboxylic acids is 1. The van der Waals surface area contributed by atoms with Crippen LogP contribution in [0.25, 0.3) is 0 Å². The van der Waals surface area contributed by atoms with Gasteiger partial charge in [0.2, 0.25) is 5.91 Å². The predicted octanol–water partition coefficient (Wildman–Crippen LogP) is 1.22. The van der Waals surface area contributed by atoms with Crippen molar-refractivity contribution in [3.63, 3.8) is 0 Å². The van der Waals surface area contributed by atoms with Gasteiger partial charge in [0.15, 0.2) is 0 Å². The molecular formula is C15H16N2O4S. The number of hydrogen-bond donors (Lipinski definition) is 2. The smallest absolute Gasteiger partial charge is 0.353 e. The summed E-state index contributed by atoms with van der Waals surface area (Å²) in [4.78, 5) is 29.9. The molecule has 1 saturated heterocycles. The fourth-order valence-electron chi connectivity index (χ4n) is 2.98. The molecule has 1 fully saturated rings. The first kappa shape index (κ1) is 15.1. The molecule has 1 aromatic rings. The zero-order valence-corrected chi connectivity index (χ0v) is 12.6. The van der Waals surface area contributed by atoms with Gasteiger partial charge in [-0.1, -0.05) is 6.07 Å². The second-order valence-electron chi connectivity index (χ2n) is 5.29. The molecule has 2 aliphatic heterocycles. The fraction of sp³-hybridized carbons (Fsp3) is 0.400. The van der Waals surface area contributed by atoms with Crippen molar-refractivity contribution in [1.29, 1.82) is 0 Å². The van der Waals surface area contributed by atoms with E-state index in [1.54, 1.807) is 6.20 Å². The highest BCUT2D eigenvalue weighted by Gasteiger charge is 2.54. The molecule has 22 heavy (non-hydrogen) atoms. The van der Waals surface area contributed by atoms with E-state index in [0.29, 0.717) is 18.6 Å². The molecule has 1 aromatic heterocycles. The van der Waals surface area contributed by atoms with E-state index in [1.165, 1.54) is 16.7 Å². The van der Waals surface area contributed by atoms with Gasteiger partial charge in [0, 0.05) is 29.9 Å². The maximum Gasteiger partial charge on any atom is 0.353 e. The summed E-state index contributed by atoms with van der Waals surface area (Å²) in [6, 6.07) is 5.49. The van der Waals surface area contributed by atoms with Crippen LogP contribution in [0.4, 0.5) is 0 Å². The minimum absolute atomic E-state index is 0.0560. The lowest BCUT2D eigenvalue weighted by Gasteiger charge is -2.43. The number of aliphatic hydroxyl groups excluding tert-OH is 1. The fourth-order valence-corrected chi connectivity index (χ4v) is 4.09. The van der Waals surface area contributed by atoms with Crippen molar-refractivity contribution in [1.82, 2.24) is 9.88 Å². The normalized spacial score (nSPS) is 23.5. The largest absolute Gasteiger partial charge is 0.477 e. The zero-order valence-electron chi connectivity index (χ0n) is 11.8. The number of carbonyl (C=O) groups excluding carboxylic acids is 1. The molecule has 2 aliphatic rings. The summed E-state index contributed by atoms with van der Waals surface area (Å²) in [6.07, 6.45) is 2.64. The topological polar surface area (TPSA) is 90.7 Å². The Labute approximate surface area is 131 Å². The van der Waals surface area contributed by atoms with Gasteiger partial charge in [-0.3, -0.25) is 9.78 Å². The number of aliphatic carboxylic acids is 1. The molecule has 116 valence electrons. The first-order chi connectivity index (χ1) is 10.6. The number of rotatable bonds is 6. The van der Waals surface area contributed by atoms with Crippen molar-refractivity contribution < 1.29 is 19.8 Å². The SMILES string of the molecule is O=C(O)C1=C(SCc2ccccn2)C[C@@H]2C(CCO)C(=O)N12. The summed E-state index contributed by atoms with van der Waals surface area (Å²) in [7, 11) is 0. The molecule has 0 spiro atoms. The van der Waals surface area contributed by atoms with E-state index in [0.717, 1.165) is 10.6 Å². The summed E-state index contributed by atoms with van der Waals surface area (Å²) in [5.41, 5.74) is 0.974. The Morgan fingerprint density at radius 2 is 2.27 bits per heavy atom. The number of aliphatic hydroxyl groups is 1. The van der Waals surface area contributed by atoms with Gasteiger partial charge in [0.1, 0.15) is 5.70 Å². The van der Waals surface area contributed by atoms with Crippen LogP contribution in [0.5, 0.6) is 0 Å². The predicted molar refractivity (Wildman–Crippen MR) is 80.6 cm³/mol. The van der Waals surface area contributed by atoms with Gasteiger partial charge in [-0.2, -0.15) is 0 Å². The van der Waals surface area contributed by atoms with Gasteiger partial charge in [-0.15, -0.1) is 11.8 Å². The second kappa shape index (κ2) is 6.10.